The van der Waals surface area contributed by atoms with Crippen molar-refractivity contribution in [2.75, 3.05) is 47.9 Å². The number of carbonyl (C=O) groups excluding carboxylic acids is 1. The second kappa shape index (κ2) is 10.9. The molecule has 0 bridgehead atoms. The molecule has 8 heteroatoms. The van der Waals surface area contributed by atoms with Crippen LogP contribution in [0, 0.1) is 13.8 Å². The third-order valence-corrected chi connectivity index (χ3v) is 8.72. The summed E-state index contributed by atoms with van der Waals surface area (Å²) >= 11 is 0. The molecule has 0 spiro atoms. The van der Waals surface area contributed by atoms with E-state index < -0.39 is 10.0 Å². The van der Waals surface area contributed by atoms with Crippen LogP contribution in [-0.4, -0.2) is 71.4 Å². The second-order valence-electron chi connectivity index (χ2n) is 9.12. The Hall–Kier alpha value is -2.42. The van der Waals surface area contributed by atoms with Crippen LogP contribution in [0.25, 0.3) is 0 Å². The van der Waals surface area contributed by atoms with Gasteiger partial charge in [0.2, 0.25) is 10.0 Å². The smallest absolute Gasteiger partial charge is 0.243 e. The Bertz CT molecular complexity index is 1140. The number of likely N-dealkylation sites (N-methyl/N-ethyl adjacent to an activating group) is 1. The summed E-state index contributed by atoms with van der Waals surface area (Å²) in [5.74, 6) is 1.32. The number of nitrogens with zero attached hydrogens (tertiary/aromatic N) is 2. The highest BCUT2D eigenvalue weighted by molar-refractivity contribution is 7.89. The van der Waals surface area contributed by atoms with Crippen LogP contribution in [0.15, 0.2) is 29.2 Å². The van der Waals surface area contributed by atoms with Crippen LogP contribution in [0.5, 0.6) is 11.5 Å². The monoisotopic (exact) mass is 488 g/mol. The number of sulfonamides is 1. The number of ketones is 1. The van der Waals surface area contributed by atoms with Crippen molar-refractivity contribution in [1.29, 1.82) is 0 Å². The molecule has 1 aliphatic rings. The fraction of sp³-hybridized carbons (Fsp3) is 0.500. The van der Waals surface area contributed by atoms with Crippen LogP contribution in [0.1, 0.15) is 34.2 Å². The number of fused-ring (bicyclic) bond motifs is 1. The fourth-order valence-electron chi connectivity index (χ4n) is 4.54. The molecular formula is C26H36N2O5S. The van der Waals surface area contributed by atoms with E-state index in [0.29, 0.717) is 16.9 Å². The standard InChI is InChI=1S/C26H36N2O5S/c1-18-13-24(32-5)14-19(2)26(18)34(30,31)28(4)12-9-23(29)16-22-15-20-7-10-27(3)11-8-21(20)17-25(22)33-6/h13-15,17H,7-12,16H2,1-6H3. The van der Waals surface area contributed by atoms with Crippen molar-refractivity contribution in [1.82, 2.24) is 9.21 Å². The molecule has 1 aliphatic heterocycles. The zero-order valence-corrected chi connectivity index (χ0v) is 21.9. The first kappa shape index (κ1) is 26.2. The van der Waals surface area contributed by atoms with Crippen molar-refractivity contribution in [3.8, 4) is 11.5 Å². The minimum Gasteiger partial charge on any atom is -0.497 e. The van der Waals surface area contributed by atoms with Gasteiger partial charge in [-0.1, -0.05) is 6.07 Å². The highest BCUT2D eigenvalue weighted by Gasteiger charge is 2.26. The van der Waals surface area contributed by atoms with E-state index in [-0.39, 0.29) is 30.1 Å². The summed E-state index contributed by atoms with van der Waals surface area (Å²) in [6.07, 6.45) is 2.26. The third kappa shape index (κ3) is 5.79. The first-order chi connectivity index (χ1) is 16.1. The number of rotatable bonds is 9. The number of Topliss-reactive ketones (excluding diaryl/α,β-unsaturated/α-hetero) is 1. The summed E-state index contributed by atoms with van der Waals surface area (Å²) in [5.41, 5.74) is 4.64. The molecule has 0 radical (unpaired) electrons. The first-order valence-corrected chi connectivity index (χ1v) is 13.0. The number of aryl methyl sites for hydroxylation is 2. The lowest BCUT2D eigenvalue weighted by molar-refractivity contribution is -0.118. The van der Waals surface area contributed by atoms with Crippen molar-refractivity contribution >= 4 is 15.8 Å². The number of ether oxygens (including phenoxy) is 2. The Morgan fingerprint density at radius 2 is 1.59 bits per heavy atom. The Morgan fingerprint density at radius 3 is 2.15 bits per heavy atom. The fourth-order valence-corrected chi connectivity index (χ4v) is 6.12. The van der Waals surface area contributed by atoms with Gasteiger partial charge in [0.05, 0.1) is 19.1 Å². The van der Waals surface area contributed by atoms with Crippen LogP contribution in [0.4, 0.5) is 0 Å². The molecule has 0 atom stereocenters. The first-order valence-electron chi connectivity index (χ1n) is 11.6. The molecule has 0 unspecified atom stereocenters. The molecular weight excluding hydrogens is 452 g/mol. The Balaban J connectivity index is 1.71. The zero-order chi connectivity index (χ0) is 25.0. The summed E-state index contributed by atoms with van der Waals surface area (Å²) < 4.78 is 38.5. The van der Waals surface area contributed by atoms with Gasteiger partial charge in [-0.2, -0.15) is 0 Å². The van der Waals surface area contributed by atoms with E-state index in [1.54, 1.807) is 40.2 Å². The largest absolute Gasteiger partial charge is 0.497 e. The average molecular weight is 489 g/mol. The third-order valence-electron chi connectivity index (χ3n) is 6.56. The summed E-state index contributed by atoms with van der Waals surface area (Å²) in [6.45, 7) is 5.61. The molecule has 186 valence electrons. The van der Waals surface area contributed by atoms with E-state index in [1.807, 2.05) is 0 Å². The second-order valence-corrected chi connectivity index (χ2v) is 11.1. The molecule has 0 fully saturated rings. The van der Waals surface area contributed by atoms with Crippen molar-refractivity contribution in [2.24, 2.45) is 0 Å². The van der Waals surface area contributed by atoms with E-state index >= 15 is 0 Å². The molecule has 0 amide bonds. The molecule has 0 aromatic heterocycles. The van der Waals surface area contributed by atoms with Gasteiger partial charge in [0.15, 0.2) is 0 Å². The van der Waals surface area contributed by atoms with Crippen LogP contribution < -0.4 is 9.47 Å². The van der Waals surface area contributed by atoms with Crippen LogP contribution in [-0.2, 0) is 34.1 Å². The number of benzene rings is 2. The maximum Gasteiger partial charge on any atom is 0.243 e. The predicted molar refractivity (Wildman–Crippen MR) is 134 cm³/mol. The molecule has 2 aromatic rings. The quantitative estimate of drug-likeness (QED) is 0.540. The van der Waals surface area contributed by atoms with E-state index in [4.69, 9.17) is 9.47 Å². The number of carbonyl (C=O) groups is 1. The highest BCUT2D eigenvalue weighted by atomic mass is 32.2. The van der Waals surface area contributed by atoms with Gasteiger partial charge in [-0.15, -0.1) is 0 Å². The van der Waals surface area contributed by atoms with Crippen LogP contribution in [0.2, 0.25) is 0 Å². The molecule has 2 aromatic carbocycles. The predicted octanol–water partition coefficient (Wildman–Crippen LogP) is 3.17. The van der Waals surface area contributed by atoms with Gasteiger partial charge in [-0.05, 0) is 74.2 Å². The van der Waals surface area contributed by atoms with E-state index in [2.05, 4.69) is 24.1 Å². The highest BCUT2D eigenvalue weighted by Crippen LogP contribution is 2.29. The maximum absolute atomic E-state index is 13.2. The van der Waals surface area contributed by atoms with E-state index in [1.165, 1.54) is 22.5 Å². The normalized spacial score (nSPS) is 14.6. The van der Waals surface area contributed by atoms with Gasteiger partial charge >= 0.3 is 0 Å². The average Bonchev–Trinajstić information content (AvgIpc) is 2.97. The topological polar surface area (TPSA) is 76.2 Å². The molecule has 0 saturated heterocycles. The lowest BCUT2D eigenvalue weighted by atomic mass is 9.96. The van der Waals surface area contributed by atoms with Gasteiger partial charge in [-0.3, -0.25) is 4.79 Å². The lowest BCUT2D eigenvalue weighted by Crippen LogP contribution is -2.30. The lowest BCUT2D eigenvalue weighted by Gasteiger charge is -2.20. The van der Waals surface area contributed by atoms with E-state index in [9.17, 15) is 13.2 Å². The molecule has 0 aliphatic carbocycles. The molecule has 0 saturated carbocycles. The van der Waals surface area contributed by atoms with Gasteiger partial charge in [0, 0.05) is 45.1 Å². The minimum absolute atomic E-state index is 0.0192. The summed E-state index contributed by atoms with van der Waals surface area (Å²) in [5, 5.41) is 0. The summed E-state index contributed by atoms with van der Waals surface area (Å²) in [6, 6.07) is 7.57. The molecule has 3 rings (SSSR count). The number of methoxy groups -OCH3 is 2. The Morgan fingerprint density at radius 1 is 1.00 bits per heavy atom. The summed E-state index contributed by atoms with van der Waals surface area (Å²) in [4.78, 5) is 15.4. The summed E-state index contributed by atoms with van der Waals surface area (Å²) in [7, 11) is 3.08. The maximum atomic E-state index is 13.2. The van der Waals surface area contributed by atoms with Gasteiger partial charge < -0.3 is 14.4 Å². The van der Waals surface area contributed by atoms with Crippen LogP contribution in [0.3, 0.4) is 0 Å². The van der Waals surface area contributed by atoms with E-state index in [0.717, 1.165) is 37.2 Å². The van der Waals surface area contributed by atoms with Gasteiger partial charge in [-0.25, -0.2) is 12.7 Å². The number of hydrogen-bond donors (Lipinski definition) is 0. The molecule has 0 N–H and O–H groups in total. The van der Waals surface area contributed by atoms with Gasteiger partial charge in [0.25, 0.3) is 0 Å². The SMILES string of the molecule is COc1cc(C)c(S(=O)(=O)N(C)CCC(=O)Cc2cc3c(cc2OC)CCN(C)CC3)c(C)c1. The zero-order valence-electron chi connectivity index (χ0n) is 21.1. The molecule has 34 heavy (non-hydrogen) atoms. The van der Waals surface area contributed by atoms with Crippen LogP contribution >= 0.6 is 0 Å². The molecule has 7 nitrogen and oxygen atoms in total. The van der Waals surface area contributed by atoms with Crippen molar-refractivity contribution in [2.45, 2.75) is 44.4 Å². The number of hydrogen-bond acceptors (Lipinski definition) is 6. The van der Waals surface area contributed by atoms with Crippen molar-refractivity contribution in [3.05, 3.63) is 52.1 Å². The minimum atomic E-state index is -3.73. The Kier molecular flexibility index (Phi) is 8.38. The van der Waals surface area contributed by atoms with Crippen molar-refractivity contribution in [3.63, 3.8) is 0 Å². The van der Waals surface area contributed by atoms with Gasteiger partial charge in [0.1, 0.15) is 17.3 Å². The Labute approximate surface area is 203 Å². The molecule has 1 heterocycles. The van der Waals surface area contributed by atoms with Crippen molar-refractivity contribution < 1.29 is 22.7 Å².